The Bertz CT molecular complexity index is 4780. The molecular weight excluding hydrogens is 1550 g/mol. The van der Waals surface area contributed by atoms with Crippen LogP contribution >= 0.6 is 0 Å². The van der Waals surface area contributed by atoms with Crippen molar-refractivity contribution in [2.75, 3.05) is 79.3 Å². The third kappa shape index (κ3) is 22.8. The minimum atomic E-state index is -0.793. The molecule has 6 aromatic rings. The van der Waals surface area contributed by atoms with Gasteiger partial charge in [0.1, 0.15) is 34.5 Å². The van der Waals surface area contributed by atoms with Gasteiger partial charge in [-0.1, -0.05) is 227 Å². The second-order valence-electron chi connectivity index (χ2n) is 41.9. The van der Waals surface area contributed by atoms with E-state index in [0.717, 1.165) is 38.9 Å². The first kappa shape index (κ1) is 103. The third-order valence-corrected chi connectivity index (χ3v) is 28.0. The van der Waals surface area contributed by atoms with E-state index in [1.807, 2.05) is 13.8 Å². The molecule has 0 bridgehead atoms. The highest BCUT2D eigenvalue weighted by Crippen LogP contribution is 2.60. The molecule has 18 nitrogen and oxygen atoms in total. The molecule has 0 aliphatic carbocycles. The number of carbonyl (C=O) groups is 6. The van der Waals surface area contributed by atoms with Crippen LogP contribution in [0, 0.1) is 39.4 Å². The van der Waals surface area contributed by atoms with Gasteiger partial charge in [0.15, 0.2) is 39.6 Å². The van der Waals surface area contributed by atoms with Gasteiger partial charge in [0.05, 0.1) is 39.6 Å². The zero-order valence-electron chi connectivity index (χ0n) is 82.5. The normalized spacial score (nSPS) is 12.9. The van der Waals surface area contributed by atoms with Gasteiger partial charge in [-0.3, -0.25) is 0 Å². The fourth-order valence-electron chi connectivity index (χ4n) is 14.0. The average Bonchev–Trinajstić information content (AvgIpc) is 0.725. The van der Waals surface area contributed by atoms with E-state index in [4.69, 9.17) is 56.8 Å². The van der Waals surface area contributed by atoms with Crippen LogP contribution in [0.2, 0.25) is 0 Å². The first-order valence-electron chi connectivity index (χ1n) is 44.2. The van der Waals surface area contributed by atoms with Crippen LogP contribution in [-0.2, 0) is 96.1 Å². The summed E-state index contributed by atoms with van der Waals surface area (Å²) >= 11 is 0. The van der Waals surface area contributed by atoms with Gasteiger partial charge in [-0.2, -0.15) is 0 Å². The first-order valence-corrected chi connectivity index (χ1v) is 44.2. The van der Waals surface area contributed by atoms with Gasteiger partial charge in [0.25, 0.3) is 0 Å². The van der Waals surface area contributed by atoms with Crippen molar-refractivity contribution < 1.29 is 85.6 Å². The van der Waals surface area contributed by atoms with E-state index in [2.05, 4.69) is 281 Å². The Kier molecular flexibility index (Phi) is 32.8. The van der Waals surface area contributed by atoms with Crippen LogP contribution in [0.5, 0.6) is 34.5 Å². The molecule has 0 fully saturated rings. The van der Waals surface area contributed by atoms with Crippen LogP contribution in [0.3, 0.4) is 0 Å². The maximum Gasteiger partial charge on any atom is 0.344 e. The van der Waals surface area contributed by atoms with E-state index >= 15 is 0 Å². The van der Waals surface area contributed by atoms with Crippen LogP contribution < -0.4 is 28.4 Å². The molecule has 6 rings (SSSR count). The van der Waals surface area contributed by atoms with Crippen LogP contribution in [0.4, 0.5) is 0 Å². The maximum atomic E-state index is 14.8. The van der Waals surface area contributed by atoms with E-state index in [0.29, 0.717) is 79.1 Å². The number of benzene rings is 6. The highest BCUT2D eigenvalue weighted by atomic mass is 16.6. The number of hydrogen-bond donors (Lipinski definition) is 0. The monoisotopic (exact) mass is 1700 g/mol. The molecule has 0 N–H and O–H groups in total. The summed E-state index contributed by atoms with van der Waals surface area (Å²) in [6.07, 6.45) is 0.471. The Morgan fingerprint density at radius 2 is 0.358 bits per heavy atom. The zero-order chi connectivity index (χ0) is 93.5. The number of aryl methyl sites for hydroxylation is 2. The zero-order valence-corrected chi connectivity index (χ0v) is 82.5. The molecule has 0 aliphatic heterocycles. The Morgan fingerprint density at radius 1 is 0.211 bits per heavy atom. The van der Waals surface area contributed by atoms with E-state index in [9.17, 15) is 28.8 Å². The summed E-state index contributed by atoms with van der Waals surface area (Å²) in [7, 11) is 0. The molecule has 0 atom stereocenters. The molecule has 0 heterocycles. The third-order valence-electron chi connectivity index (χ3n) is 28.0. The van der Waals surface area contributed by atoms with Gasteiger partial charge in [0.2, 0.25) is 0 Å². The molecule has 0 saturated heterocycles. The van der Waals surface area contributed by atoms with Gasteiger partial charge in [-0.25, -0.2) is 28.8 Å². The Balaban J connectivity index is 2.25. The highest BCUT2D eigenvalue weighted by molar-refractivity contribution is 5.98. The quantitative estimate of drug-likeness (QED) is 0.0264. The second kappa shape index (κ2) is 39.2. The van der Waals surface area contributed by atoms with Crippen LogP contribution in [-0.4, -0.2) is 115 Å². The molecule has 680 valence electrons. The number of ether oxygens (including phenoxy) is 12. The van der Waals surface area contributed by atoms with Crippen molar-refractivity contribution in [2.24, 2.45) is 32.5 Å². The van der Waals surface area contributed by atoms with Crippen LogP contribution in [0.1, 0.15) is 301 Å². The van der Waals surface area contributed by atoms with Crippen molar-refractivity contribution in [2.45, 2.75) is 302 Å². The Morgan fingerprint density at radius 3 is 0.528 bits per heavy atom. The summed E-state index contributed by atoms with van der Waals surface area (Å²) in [5, 5.41) is 0. The highest BCUT2D eigenvalue weighted by Gasteiger charge is 2.45. The lowest BCUT2D eigenvalue weighted by molar-refractivity contribution is -0.146. The molecular formula is C105H152O18. The van der Waals surface area contributed by atoms with E-state index in [1.54, 1.807) is 41.5 Å². The van der Waals surface area contributed by atoms with E-state index in [1.165, 1.54) is 0 Å². The van der Waals surface area contributed by atoms with Crippen molar-refractivity contribution in [3.8, 4) is 90.1 Å². The molecule has 123 heavy (non-hydrogen) atoms. The lowest BCUT2D eigenvalue weighted by atomic mass is 9.63. The minimum absolute atomic E-state index is 0.0228. The van der Waals surface area contributed by atoms with Crippen molar-refractivity contribution in [1.29, 1.82) is 0 Å². The summed E-state index contributed by atoms with van der Waals surface area (Å²) in [4.78, 5) is 86.0. The standard InChI is InChI=1S/C105H152O18/c1-39-65-47-67(101(29,30)95(12,13)14)49-73(89(65)119-59-83(107)113-41-3)75-51-69(103(33,34)97(18,19)20)53-77(91(75)121-61-85(109)115-43-5)79-55-71(105(37,38)99(24,25)26)57-81(93(79)123-63-87(111)117-45-7)80-56-70(104(35,36)98(21,22)23)54-78(92(80)122-62-86(110)116-44-6)76-52-68(102(31,32)96(15,16)17)50-74(90(76)120-60-84(108)114-42-4)72-48-66(100(27,28)94(9,10)11)46-64(8)88(72)118-58-82(106)112-40-2/h46-57H,39-45,58-63H2,1-38H3. The Labute approximate surface area is 738 Å². The summed E-state index contributed by atoms with van der Waals surface area (Å²) in [6.45, 7) is 77.3. The Hall–Kier alpha value is -9.06. The molecule has 0 aliphatic rings. The van der Waals surface area contributed by atoms with E-state index < -0.39 is 130 Å². The fourth-order valence-corrected chi connectivity index (χ4v) is 14.0. The molecule has 18 heteroatoms. The summed E-state index contributed by atoms with van der Waals surface area (Å²) in [6, 6.07) is 25.2. The molecule has 0 amide bonds. The van der Waals surface area contributed by atoms with Gasteiger partial charge in [-0.05, 0) is 225 Å². The predicted molar refractivity (Wildman–Crippen MR) is 495 cm³/mol. The average molecular weight is 1700 g/mol. The summed E-state index contributed by atoms with van der Waals surface area (Å²) < 4.78 is 77.6. The van der Waals surface area contributed by atoms with Gasteiger partial charge >= 0.3 is 35.8 Å². The number of esters is 6. The largest absolute Gasteiger partial charge is 0.481 e. The van der Waals surface area contributed by atoms with Crippen LogP contribution in [0.15, 0.2) is 72.8 Å². The van der Waals surface area contributed by atoms with E-state index in [-0.39, 0.29) is 73.5 Å². The topological polar surface area (TPSA) is 213 Å². The molecule has 6 aromatic carbocycles. The SMILES string of the molecule is CCOC(=O)COc1c(C)cc(C(C)(C)C(C)(C)C)cc1-c1cc(C(C)(C)C(C)(C)C)cc(-c2cc(C(C)(C)C(C)(C)C)cc(-c3cc(C(C)(C)C(C)(C)C)cc(-c4cc(C(C)(C)C(C)(C)C)cc(-c5cc(C(C)(C)C(C)(C)C)cc(CC)c5OCC(=O)OCC)c4OCC(=O)OCC)c3OCC(=O)OCC)c2OCC(=O)OCC)c1OCC(=O)OCC. The predicted octanol–water partition coefficient (Wildman–Crippen LogP) is 24.5. The molecule has 0 spiro atoms. The van der Waals surface area contributed by atoms with Crippen molar-refractivity contribution in [3.63, 3.8) is 0 Å². The minimum Gasteiger partial charge on any atom is -0.481 e. The van der Waals surface area contributed by atoms with Gasteiger partial charge < -0.3 is 56.8 Å². The smallest absolute Gasteiger partial charge is 0.344 e. The summed E-state index contributed by atoms with van der Waals surface area (Å²) in [5.74, 6) is -2.38. The number of hydrogen-bond acceptors (Lipinski definition) is 18. The number of rotatable bonds is 36. The fraction of sp³-hybridized carbons (Fsp3) is 0.600. The second-order valence-corrected chi connectivity index (χ2v) is 41.9. The van der Waals surface area contributed by atoms with Crippen molar-refractivity contribution >= 4 is 35.8 Å². The molecule has 0 unspecified atom stereocenters. The van der Waals surface area contributed by atoms with Gasteiger partial charge in [-0.15, -0.1) is 0 Å². The number of carbonyl (C=O) groups excluding carboxylic acids is 6. The van der Waals surface area contributed by atoms with Crippen LogP contribution in [0.25, 0.3) is 55.6 Å². The summed E-state index contributed by atoms with van der Waals surface area (Å²) in [5.41, 5.74) is 4.42. The first-order chi connectivity index (χ1) is 56.4. The van der Waals surface area contributed by atoms with Crippen molar-refractivity contribution in [1.82, 2.24) is 0 Å². The molecule has 0 saturated carbocycles. The molecule has 0 radical (unpaired) electrons. The van der Waals surface area contributed by atoms with Crippen molar-refractivity contribution in [3.05, 3.63) is 117 Å². The van der Waals surface area contributed by atoms with Gasteiger partial charge in [0, 0.05) is 55.6 Å². The lowest BCUT2D eigenvalue weighted by Gasteiger charge is -2.42. The maximum absolute atomic E-state index is 14.8. The molecule has 0 aromatic heterocycles. The lowest BCUT2D eigenvalue weighted by Crippen LogP contribution is -2.34.